The predicted octanol–water partition coefficient (Wildman–Crippen LogP) is 2.84. The number of rotatable bonds is 4. The number of hydrogen-bond acceptors (Lipinski definition) is 4. The van der Waals surface area contributed by atoms with Crippen molar-refractivity contribution in [1.29, 1.82) is 5.26 Å². The lowest BCUT2D eigenvalue weighted by Gasteiger charge is -2.01. The van der Waals surface area contributed by atoms with Gasteiger partial charge >= 0.3 is 0 Å². The smallest absolute Gasteiger partial charge is 0.145 e. The fourth-order valence-electron chi connectivity index (χ4n) is 1.47. The van der Waals surface area contributed by atoms with E-state index in [-0.39, 0.29) is 6.10 Å². The van der Waals surface area contributed by atoms with E-state index < -0.39 is 0 Å². The molecular weight excluding hydrogens is 220 g/mol. The first-order chi connectivity index (χ1) is 7.88. The van der Waals surface area contributed by atoms with E-state index in [2.05, 4.69) is 23.4 Å². The Morgan fingerprint density at radius 1 is 1.44 bits per heavy atom. The molecule has 0 saturated carbocycles. The third-order valence-electron chi connectivity index (χ3n) is 2.26. The maximum Gasteiger partial charge on any atom is 0.145 e. The van der Waals surface area contributed by atoms with Crippen molar-refractivity contribution in [2.45, 2.75) is 23.8 Å². The van der Waals surface area contributed by atoms with E-state index in [1.807, 2.05) is 18.2 Å². The topological polar surface area (TPSA) is 45.4 Å². The fraction of sp³-hybridized carbons (Fsp3) is 0.333. The van der Waals surface area contributed by atoms with Crippen molar-refractivity contribution in [2.75, 3.05) is 5.75 Å². The summed E-state index contributed by atoms with van der Waals surface area (Å²) in [4.78, 5) is 6.38. The van der Waals surface area contributed by atoms with Crippen LogP contribution in [0.3, 0.4) is 0 Å². The van der Waals surface area contributed by atoms with Gasteiger partial charge in [0.05, 0.1) is 18.2 Å². The first-order valence-electron chi connectivity index (χ1n) is 5.15. The number of nitriles is 1. The van der Waals surface area contributed by atoms with Crippen LogP contribution in [0.25, 0.3) is 0 Å². The second-order valence-corrected chi connectivity index (χ2v) is 4.60. The summed E-state index contributed by atoms with van der Waals surface area (Å²) in [6.07, 6.45) is 1.17. The predicted molar refractivity (Wildman–Crippen MR) is 64.3 cm³/mol. The number of hydrogen-bond donors (Lipinski definition) is 0. The van der Waals surface area contributed by atoms with Crippen LogP contribution in [0.1, 0.15) is 12.8 Å². The van der Waals surface area contributed by atoms with Crippen molar-refractivity contribution < 1.29 is 4.84 Å². The normalized spacial score (nSPS) is 18.7. The van der Waals surface area contributed by atoms with E-state index >= 15 is 0 Å². The van der Waals surface area contributed by atoms with Gasteiger partial charge in [0.1, 0.15) is 6.10 Å². The van der Waals surface area contributed by atoms with Gasteiger partial charge in [-0.2, -0.15) is 5.26 Å². The second kappa shape index (κ2) is 5.57. The Labute approximate surface area is 99.1 Å². The zero-order valence-corrected chi connectivity index (χ0v) is 9.61. The summed E-state index contributed by atoms with van der Waals surface area (Å²) >= 11 is 1.74. The molecule has 82 valence electrons. The Balaban J connectivity index is 1.78. The number of thioether (sulfide) groups is 1. The molecule has 4 heteroatoms. The minimum Gasteiger partial charge on any atom is -0.391 e. The molecule has 0 N–H and O–H groups in total. The summed E-state index contributed by atoms with van der Waals surface area (Å²) in [6, 6.07) is 12.3. The minimum atomic E-state index is -0.0311. The van der Waals surface area contributed by atoms with E-state index in [9.17, 15) is 0 Å². The van der Waals surface area contributed by atoms with E-state index in [0.717, 1.165) is 17.9 Å². The average Bonchev–Trinajstić information content (AvgIpc) is 2.76. The molecule has 1 unspecified atom stereocenters. The standard InChI is InChI=1S/C12H12N2OS/c13-7-6-11-8-10(14-15-11)9-16-12-4-2-1-3-5-12/h1-5,11H,6,8-9H2. The maximum absolute atomic E-state index is 8.53. The molecule has 1 aliphatic rings. The van der Waals surface area contributed by atoms with Gasteiger partial charge in [0.15, 0.2) is 0 Å². The number of benzene rings is 1. The minimum absolute atomic E-state index is 0.0311. The van der Waals surface area contributed by atoms with Gasteiger partial charge in [0.25, 0.3) is 0 Å². The number of nitrogens with zero attached hydrogens (tertiary/aromatic N) is 2. The molecule has 1 atom stereocenters. The summed E-state index contributed by atoms with van der Waals surface area (Å²) in [5.41, 5.74) is 1.04. The lowest BCUT2D eigenvalue weighted by Crippen LogP contribution is -2.07. The molecular formula is C12H12N2OS. The summed E-state index contributed by atoms with van der Waals surface area (Å²) in [7, 11) is 0. The SMILES string of the molecule is N#CCC1CC(CSc2ccccc2)=NO1. The summed E-state index contributed by atoms with van der Waals surface area (Å²) < 4.78 is 0. The van der Waals surface area contributed by atoms with Crippen molar-refractivity contribution in [3.05, 3.63) is 30.3 Å². The Hall–Kier alpha value is -1.47. The highest BCUT2D eigenvalue weighted by molar-refractivity contribution is 8.00. The lowest BCUT2D eigenvalue weighted by atomic mass is 10.1. The van der Waals surface area contributed by atoms with E-state index in [1.54, 1.807) is 11.8 Å². The van der Waals surface area contributed by atoms with Crippen molar-refractivity contribution in [3.8, 4) is 6.07 Å². The first-order valence-corrected chi connectivity index (χ1v) is 6.13. The molecule has 0 spiro atoms. The third-order valence-corrected chi connectivity index (χ3v) is 3.34. The van der Waals surface area contributed by atoms with Crippen LogP contribution in [0.15, 0.2) is 40.4 Å². The molecule has 1 aromatic rings. The monoisotopic (exact) mass is 232 g/mol. The molecule has 0 saturated heterocycles. The second-order valence-electron chi connectivity index (χ2n) is 3.55. The van der Waals surface area contributed by atoms with E-state index in [4.69, 9.17) is 10.1 Å². The van der Waals surface area contributed by atoms with Crippen LogP contribution >= 0.6 is 11.8 Å². The Bertz CT molecular complexity index is 411. The molecule has 16 heavy (non-hydrogen) atoms. The molecule has 0 bridgehead atoms. The zero-order chi connectivity index (χ0) is 11.2. The van der Waals surface area contributed by atoms with Gasteiger partial charge < -0.3 is 4.84 Å². The highest BCUT2D eigenvalue weighted by Gasteiger charge is 2.20. The van der Waals surface area contributed by atoms with Crippen molar-refractivity contribution >= 4 is 17.5 Å². The van der Waals surface area contributed by atoms with Gasteiger partial charge in [-0.3, -0.25) is 0 Å². The largest absolute Gasteiger partial charge is 0.391 e. The molecule has 0 aliphatic carbocycles. The molecule has 3 nitrogen and oxygen atoms in total. The van der Waals surface area contributed by atoms with Crippen LogP contribution in [-0.4, -0.2) is 17.6 Å². The number of oxime groups is 1. The molecule has 0 radical (unpaired) electrons. The summed E-state index contributed by atoms with van der Waals surface area (Å²) in [6.45, 7) is 0. The fourth-order valence-corrected chi connectivity index (χ4v) is 2.32. The molecule has 1 heterocycles. The molecule has 0 fully saturated rings. The van der Waals surface area contributed by atoms with Crippen LogP contribution in [0.2, 0.25) is 0 Å². The quantitative estimate of drug-likeness (QED) is 0.750. The van der Waals surface area contributed by atoms with Crippen LogP contribution in [0.5, 0.6) is 0 Å². The summed E-state index contributed by atoms with van der Waals surface area (Å²) in [5.74, 6) is 0.839. The highest BCUT2D eigenvalue weighted by atomic mass is 32.2. The van der Waals surface area contributed by atoms with Crippen molar-refractivity contribution in [1.82, 2.24) is 0 Å². The Morgan fingerprint density at radius 3 is 3.00 bits per heavy atom. The molecule has 1 aliphatic heterocycles. The van der Waals surface area contributed by atoms with E-state index in [1.165, 1.54) is 4.90 Å². The van der Waals surface area contributed by atoms with Gasteiger partial charge in [0.2, 0.25) is 0 Å². The Kier molecular flexibility index (Phi) is 3.84. The van der Waals surface area contributed by atoms with Crippen LogP contribution in [-0.2, 0) is 4.84 Å². The van der Waals surface area contributed by atoms with Crippen LogP contribution in [0.4, 0.5) is 0 Å². The summed E-state index contributed by atoms with van der Waals surface area (Å²) in [5, 5.41) is 12.5. The molecule has 1 aromatic carbocycles. The van der Waals surface area contributed by atoms with Crippen molar-refractivity contribution in [3.63, 3.8) is 0 Å². The highest BCUT2D eigenvalue weighted by Crippen LogP contribution is 2.21. The van der Waals surface area contributed by atoms with E-state index in [0.29, 0.717) is 6.42 Å². The zero-order valence-electron chi connectivity index (χ0n) is 8.80. The van der Waals surface area contributed by atoms with Gasteiger partial charge in [-0.15, -0.1) is 11.8 Å². The first kappa shape index (κ1) is 11.0. The third kappa shape index (κ3) is 3.01. The molecule has 0 amide bonds. The maximum atomic E-state index is 8.53. The van der Waals surface area contributed by atoms with Gasteiger partial charge in [0, 0.05) is 17.1 Å². The molecule has 2 rings (SSSR count). The van der Waals surface area contributed by atoms with Crippen LogP contribution < -0.4 is 0 Å². The van der Waals surface area contributed by atoms with Gasteiger partial charge in [-0.1, -0.05) is 23.4 Å². The van der Waals surface area contributed by atoms with Gasteiger partial charge in [-0.25, -0.2) is 0 Å². The average molecular weight is 232 g/mol. The lowest BCUT2D eigenvalue weighted by molar-refractivity contribution is 0.0891. The molecule has 0 aromatic heterocycles. The van der Waals surface area contributed by atoms with Crippen LogP contribution in [0, 0.1) is 11.3 Å². The van der Waals surface area contributed by atoms with Crippen molar-refractivity contribution in [2.24, 2.45) is 5.16 Å². The van der Waals surface area contributed by atoms with Gasteiger partial charge in [-0.05, 0) is 12.1 Å². The Morgan fingerprint density at radius 2 is 2.25 bits per heavy atom.